The topological polar surface area (TPSA) is 38.0 Å². The van der Waals surface area contributed by atoms with Crippen LogP contribution in [0.25, 0.3) is 11.1 Å². The number of aromatic hydroxyl groups is 1. The molecule has 0 aliphatic rings. The van der Waals surface area contributed by atoms with Gasteiger partial charge in [0.25, 0.3) is 0 Å². The molecule has 0 saturated carbocycles. The molecule has 0 aliphatic heterocycles. The lowest BCUT2D eigenvalue weighted by molar-refractivity contribution is 0.355. The molecule has 84 valence electrons. The first-order valence-electron chi connectivity index (χ1n) is 5.31. The monoisotopic (exact) mass is 216 g/mol. The lowest BCUT2D eigenvalue weighted by Gasteiger charge is -2.18. The van der Waals surface area contributed by atoms with E-state index in [1.54, 1.807) is 12.1 Å². The van der Waals surface area contributed by atoms with Crippen molar-refractivity contribution in [3.63, 3.8) is 0 Å². The fraction of sp³-hybridized carbons (Fsp3) is 0.308. The summed E-state index contributed by atoms with van der Waals surface area (Å²) in [6.45, 7) is 6.34. The molecule has 3 heteroatoms. The number of aromatic nitrogens is 2. The summed E-state index contributed by atoms with van der Waals surface area (Å²) in [7, 11) is 0. The highest BCUT2D eigenvalue weighted by atomic mass is 16.3. The molecule has 1 heterocycles. The first-order valence-corrected chi connectivity index (χ1v) is 5.31. The van der Waals surface area contributed by atoms with Crippen LogP contribution in [-0.4, -0.2) is 14.9 Å². The molecule has 0 bridgehead atoms. The van der Waals surface area contributed by atoms with Crippen molar-refractivity contribution in [2.45, 2.75) is 26.3 Å². The van der Waals surface area contributed by atoms with Crippen molar-refractivity contribution < 1.29 is 5.11 Å². The largest absolute Gasteiger partial charge is 0.508 e. The average molecular weight is 216 g/mol. The minimum Gasteiger partial charge on any atom is -0.508 e. The van der Waals surface area contributed by atoms with E-state index in [0.29, 0.717) is 0 Å². The maximum absolute atomic E-state index is 9.22. The Morgan fingerprint density at radius 1 is 1.06 bits per heavy atom. The zero-order valence-corrected chi connectivity index (χ0v) is 9.81. The Kier molecular flexibility index (Phi) is 2.46. The van der Waals surface area contributed by atoms with E-state index in [9.17, 15) is 5.11 Å². The molecule has 0 fully saturated rings. The van der Waals surface area contributed by atoms with Gasteiger partial charge in [0.2, 0.25) is 0 Å². The van der Waals surface area contributed by atoms with E-state index in [2.05, 4.69) is 25.9 Å². The molecule has 1 aromatic heterocycles. The molecule has 0 saturated heterocycles. The van der Waals surface area contributed by atoms with Gasteiger partial charge < -0.3 is 5.11 Å². The minimum absolute atomic E-state index is 0.00479. The van der Waals surface area contributed by atoms with E-state index in [4.69, 9.17) is 0 Å². The molecular formula is C13H16N2O. The molecule has 0 aliphatic carbocycles. The molecule has 0 radical (unpaired) electrons. The van der Waals surface area contributed by atoms with E-state index < -0.39 is 0 Å². The molecule has 16 heavy (non-hydrogen) atoms. The van der Waals surface area contributed by atoms with Crippen LogP contribution in [0.3, 0.4) is 0 Å². The zero-order chi connectivity index (χ0) is 11.8. The second-order valence-electron chi connectivity index (χ2n) is 4.89. The molecule has 2 aromatic rings. The Hall–Kier alpha value is -1.77. The Morgan fingerprint density at radius 3 is 2.19 bits per heavy atom. The van der Waals surface area contributed by atoms with Crippen molar-refractivity contribution in [2.24, 2.45) is 0 Å². The predicted molar refractivity (Wildman–Crippen MR) is 64.3 cm³/mol. The van der Waals surface area contributed by atoms with E-state index >= 15 is 0 Å². The molecule has 3 nitrogen and oxygen atoms in total. The molecule has 1 aromatic carbocycles. The number of phenols is 1. The number of hydrogen-bond acceptors (Lipinski definition) is 2. The second kappa shape index (κ2) is 3.67. The maximum Gasteiger partial charge on any atom is 0.115 e. The molecule has 0 atom stereocenters. The Morgan fingerprint density at radius 2 is 1.69 bits per heavy atom. The van der Waals surface area contributed by atoms with Gasteiger partial charge in [0.15, 0.2) is 0 Å². The summed E-state index contributed by atoms with van der Waals surface area (Å²) in [5, 5.41) is 13.6. The van der Waals surface area contributed by atoms with Crippen LogP contribution in [0.15, 0.2) is 36.7 Å². The first kappa shape index (κ1) is 10.7. The van der Waals surface area contributed by atoms with Crippen molar-refractivity contribution in [3.05, 3.63) is 36.7 Å². The highest BCUT2D eigenvalue weighted by Crippen LogP contribution is 2.23. The van der Waals surface area contributed by atoms with Crippen molar-refractivity contribution in [3.8, 4) is 16.9 Å². The summed E-state index contributed by atoms with van der Waals surface area (Å²) >= 11 is 0. The molecular weight excluding hydrogens is 200 g/mol. The van der Waals surface area contributed by atoms with E-state index in [1.807, 2.05) is 29.2 Å². The number of rotatable bonds is 1. The summed E-state index contributed by atoms with van der Waals surface area (Å²) in [6.07, 6.45) is 3.87. The van der Waals surface area contributed by atoms with Gasteiger partial charge in [-0.3, -0.25) is 4.68 Å². The van der Waals surface area contributed by atoms with Crippen LogP contribution in [0.4, 0.5) is 0 Å². The summed E-state index contributed by atoms with van der Waals surface area (Å²) in [5.41, 5.74) is 2.12. The summed E-state index contributed by atoms with van der Waals surface area (Å²) < 4.78 is 1.94. The van der Waals surface area contributed by atoms with Crippen molar-refractivity contribution in [1.29, 1.82) is 0 Å². The van der Waals surface area contributed by atoms with Crippen LogP contribution in [-0.2, 0) is 5.54 Å². The van der Waals surface area contributed by atoms with E-state index in [0.717, 1.165) is 11.1 Å². The van der Waals surface area contributed by atoms with Crippen LogP contribution in [0.5, 0.6) is 5.75 Å². The zero-order valence-electron chi connectivity index (χ0n) is 9.81. The molecule has 1 N–H and O–H groups in total. The SMILES string of the molecule is CC(C)(C)n1cc(-c2ccc(O)cc2)cn1. The van der Waals surface area contributed by atoms with Gasteiger partial charge in [-0.25, -0.2) is 0 Å². The number of hydrogen-bond donors (Lipinski definition) is 1. The third-order valence-electron chi connectivity index (χ3n) is 2.47. The third kappa shape index (κ3) is 2.08. The molecule has 0 unspecified atom stereocenters. The van der Waals surface area contributed by atoms with Crippen LogP contribution in [0, 0.1) is 0 Å². The molecule has 2 rings (SSSR count). The summed E-state index contributed by atoms with van der Waals surface area (Å²) in [5.74, 6) is 0.284. The van der Waals surface area contributed by atoms with Crippen molar-refractivity contribution in [2.75, 3.05) is 0 Å². The van der Waals surface area contributed by atoms with Crippen LogP contribution >= 0.6 is 0 Å². The van der Waals surface area contributed by atoms with Crippen LogP contribution in [0.1, 0.15) is 20.8 Å². The lowest BCUT2D eigenvalue weighted by Crippen LogP contribution is -2.21. The van der Waals surface area contributed by atoms with Crippen molar-refractivity contribution >= 4 is 0 Å². The molecule has 0 amide bonds. The van der Waals surface area contributed by atoms with E-state index in [1.165, 1.54) is 0 Å². The Bertz CT molecular complexity index is 477. The first-order chi connectivity index (χ1) is 7.47. The maximum atomic E-state index is 9.22. The molecule has 0 spiro atoms. The predicted octanol–water partition coefficient (Wildman–Crippen LogP) is 3.01. The van der Waals surface area contributed by atoms with Gasteiger partial charge in [0.1, 0.15) is 5.75 Å². The average Bonchev–Trinajstić information content (AvgIpc) is 2.67. The van der Waals surface area contributed by atoms with Gasteiger partial charge in [0, 0.05) is 11.8 Å². The highest BCUT2D eigenvalue weighted by Gasteiger charge is 2.14. The van der Waals surface area contributed by atoms with Gasteiger partial charge in [-0.15, -0.1) is 0 Å². The number of benzene rings is 1. The number of phenolic OH excluding ortho intramolecular Hbond substituents is 1. The van der Waals surface area contributed by atoms with Gasteiger partial charge in [-0.1, -0.05) is 12.1 Å². The summed E-state index contributed by atoms with van der Waals surface area (Å²) in [6, 6.07) is 7.15. The van der Waals surface area contributed by atoms with Crippen LogP contribution < -0.4 is 0 Å². The lowest BCUT2D eigenvalue weighted by atomic mass is 10.1. The van der Waals surface area contributed by atoms with Crippen molar-refractivity contribution in [1.82, 2.24) is 9.78 Å². The van der Waals surface area contributed by atoms with Gasteiger partial charge in [-0.05, 0) is 38.5 Å². The number of nitrogens with zero attached hydrogens (tertiary/aromatic N) is 2. The second-order valence-corrected chi connectivity index (χ2v) is 4.89. The quantitative estimate of drug-likeness (QED) is 0.795. The van der Waals surface area contributed by atoms with E-state index in [-0.39, 0.29) is 11.3 Å². The smallest absolute Gasteiger partial charge is 0.115 e. The fourth-order valence-electron chi connectivity index (χ4n) is 1.49. The van der Waals surface area contributed by atoms with Gasteiger partial charge in [-0.2, -0.15) is 5.10 Å². The Labute approximate surface area is 95.3 Å². The van der Waals surface area contributed by atoms with Gasteiger partial charge >= 0.3 is 0 Å². The van der Waals surface area contributed by atoms with Gasteiger partial charge in [0.05, 0.1) is 11.7 Å². The summed E-state index contributed by atoms with van der Waals surface area (Å²) in [4.78, 5) is 0. The minimum atomic E-state index is -0.00479. The standard InChI is InChI=1S/C13H16N2O/c1-13(2,3)15-9-11(8-14-15)10-4-6-12(16)7-5-10/h4-9,16H,1-3H3. The van der Waals surface area contributed by atoms with Crippen LogP contribution in [0.2, 0.25) is 0 Å². The highest BCUT2D eigenvalue weighted by molar-refractivity contribution is 5.62. The third-order valence-corrected chi connectivity index (χ3v) is 2.47. The Balaban J connectivity index is 2.35. The fourth-order valence-corrected chi connectivity index (χ4v) is 1.49. The normalized spacial score (nSPS) is 11.7.